The molecule has 0 atom stereocenters. The Bertz CT molecular complexity index is 2190. The summed E-state index contributed by atoms with van der Waals surface area (Å²) in [5.74, 6) is -219. The average molecular weight is 1250 g/mol. The smallest absolute Gasteiger partial charge is 0.281 e. The molecule has 446 valence electrons. The topological polar surface area (TPSA) is 54.4 Å². The molecule has 0 unspecified atom stereocenters. The maximum atomic E-state index is 14.1. The van der Waals surface area contributed by atoms with Crippen LogP contribution in [-0.4, -0.2) is 149 Å². The molecular weight excluding hydrogens is 1250 g/mol. The molecule has 0 fully saturated rings. The maximum absolute atomic E-state index is 14.1. The molecule has 0 radical (unpaired) electrons. The fraction of sp³-hybridized carbons (Fsp3) is 1.00. The predicted molar refractivity (Wildman–Crippen MR) is 126 cm³/mol. The van der Waals surface area contributed by atoms with Crippen molar-refractivity contribution in [3.8, 4) is 0 Å². The fourth-order valence-corrected chi connectivity index (χ4v) is 4.72. The molecule has 0 aromatic rings. The van der Waals surface area contributed by atoms with Crippen molar-refractivity contribution in [1.82, 2.24) is 0 Å². The number of hydrogen-bond donors (Lipinski definition) is 1. The van der Waals surface area contributed by atoms with Crippen molar-refractivity contribution >= 4 is 10.1 Å². The first-order valence-electron chi connectivity index (χ1n) is 15.1. The minimum Gasteiger partial charge on any atom is -0.281 e. The number of hydrogen-bond acceptors (Lipinski definition) is 2. The third kappa shape index (κ3) is 7.57. The maximum Gasteiger partial charge on any atom is 0.460 e. The lowest BCUT2D eigenvalue weighted by Gasteiger charge is -2.47. The summed E-state index contributed by atoms with van der Waals surface area (Å²) in [6.45, 7) is 0. The molecule has 0 aliphatic carbocycles. The standard InChI is InChI=1S/C23HF47O3S/c24-1(25,2(26,27)4(30,31)6(34,35)8(38,39)10(42,43)12(46,47)14(50,51)16(54,55)18(58,59)20(62,63)22(66,67)68)3(28,29)5(32,33)7(36,37)9(40,41)11(44,45)13(48,49)15(52,53)17(56,57)19(60,61)21(64,65)23(69,70)74(71,72)73/h(H,71,72,73). The highest BCUT2D eigenvalue weighted by molar-refractivity contribution is 7.87. The molecule has 0 rings (SSSR count). The highest BCUT2D eigenvalue weighted by atomic mass is 32.2. The molecule has 3 nitrogen and oxygen atoms in total. The molecule has 51 heteroatoms. The van der Waals surface area contributed by atoms with Crippen molar-refractivity contribution in [2.24, 2.45) is 0 Å². The van der Waals surface area contributed by atoms with Crippen LogP contribution in [0.2, 0.25) is 0 Å². The summed E-state index contributed by atoms with van der Waals surface area (Å²) in [6, 6.07) is 0. The molecule has 0 amide bonds. The second-order valence-electron chi connectivity index (χ2n) is 13.6. The number of alkyl halides is 47. The summed E-state index contributed by atoms with van der Waals surface area (Å²) >= 11 is 0. The van der Waals surface area contributed by atoms with Crippen LogP contribution in [-0.2, 0) is 10.1 Å². The minimum absolute atomic E-state index is 7.75. The lowest BCUT2D eigenvalue weighted by Crippen LogP contribution is -2.81. The average Bonchev–Trinajstić information content (AvgIpc) is 3.15. The van der Waals surface area contributed by atoms with Crippen LogP contribution in [0.3, 0.4) is 0 Å². The van der Waals surface area contributed by atoms with Crippen molar-refractivity contribution in [3.63, 3.8) is 0 Å². The van der Waals surface area contributed by atoms with E-state index in [1.807, 2.05) is 0 Å². The van der Waals surface area contributed by atoms with Crippen LogP contribution in [0, 0.1) is 0 Å². The van der Waals surface area contributed by atoms with Gasteiger partial charge in [-0.1, -0.05) is 0 Å². The van der Waals surface area contributed by atoms with Crippen molar-refractivity contribution in [3.05, 3.63) is 0 Å². The van der Waals surface area contributed by atoms with Crippen LogP contribution < -0.4 is 0 Å². The van der Waals surface area contributed by atoms with Gasteiger partial charge in [0.15, 0.2) is 0 Å². The second-order valence-corrected chi connectivity index (χ2v) is 15.0. The van der Waals surface area contributed by atoms with E-state index >= 15 is 0 Å². The van der Waals surface area contributed by atoms with Crippen molar-refractivity contribution in [2.45, 2.75) is 136 Å². The van der Waals surface area contributed by atoms with Gasteiger partial charge in [-0.05, 0) is 0 Å². The largest absolute Gasteiger partial charge is 0.460 e. The molecule has 0 aliphatic rings. The van der Waals surface area contributed by atoms with E-state index in [4.69, 9.17) is 4.55 Å². The fourth-order valence-electron chi connectivity index (χ4n) is 4.27. The van der Waals surface area contributed by atoms with E-state index in [1.165, 1.54) is 0 Å². The zero-order chi connectivity index (χ0) is 62.0. The Morgan fingerprint density at radius 1 is 0.162 bits per heavy atom. The molecule has 0 spiro atoms. The van der Waals surface area contributed by atoms with E-state index in [9.17, 15) is 215 Å². The van der Waals surface area contributed by atoms with Crippen LogP contribution in [0.25, 0.3) is 0 Å². The Labute approximate surface area is 366 Å². The first kappa shape index (κ1) is 70.6. The third-order valence-corrected chi connectivity index (χ3v) is 9.84. The Morgan fingerprint density at radius 3 is 0.324 bits per heavy atom. The van der Waals surface area contributed by atoms with E-state index < -0.39 is 146 Å². The van der Waals surface area contributed by atoms with Gasteiger partial charge in [-0.15, -0.1) is 0 Å². The molecule has 0 heterocycles. The predicted octanol–water partition coefficient (Wildman–Crippen LogP) is 14.4. The Hall–Kier alpha value is -3.38. The molecule has 1 N–H and O–H groups in total. The molecule has 0 aromatic carbocycles. The Balaban J connectivity index is 8.20. The van der Waals surface area contributed by atoms with Crippen LogP contribution in [0.15, 0.2) is 0 Å². The molecular formula is C23HF47O3S. The van der Waals surface area contributed by atoms with Gasteiger partial charge in [0, 0.05) is 0 Å². The quantitative estimate of drug-likeness (QED) is 0.0868. The first-order valence-corrected chi connectivity index (χ1v) is 16.5. The van der Waals surface area contributed by atoms with Crippen LogP contribution in [0.1, 0.15) is 0 Å². The highest BCUT2D eigenvalue weighted by Crippen LogP contribution is 2.72. The Kier molecular flexibility index (Phi) is 15.8. The van der Waals surface area contributed by atoms with Crippen LogP contribution in [0.4, 0.5) is 206 Å². The monoisotopic (exact) mass is 1250 g/mol. The number of halogens is 47. The number of rotatable bonds is 22. The van der Waals surface area contributed by atoms with Crippen molar-refractivity contribution in [1.29, 1.82) is 0 Å². The summed E-state index contributed by atoms with van der Waals surface area (Å²) < 4.78 is 670. The zero-order valence-corrected chi connectivity index (χ0v) is 31.8. The Morgan fingerprint density at radius 2 is 0.243 bits per heavy atom. The van der Waals surface area contributed by atoms with E-state index in [0.29, 0.717) is 0 Å². The minimum atomic E-state index is -10.9. The zero-order valence-electron chi connectivity index (χ0n) is 30.9. The van der Waals surface area contributed by atoms with E-state index in [0.717, 1.165) is 0 Å². The summed E-state index contributed by atoms with van der Waals surface area (Å²) in [5, 5.41) is -8.64. The summed E-state index contributed by atoms with van der Waals surface area (Å²) in [6.07, 6.45) is -8.62. The SMILES string of the molecule is O=S(=O)(O)C(F)(F)C(F)(F)C(F)(F)C(F)(F)C(F)(F)C(F)(F)C(F)(F)C(F)(F)C(F)(F)C(F)(F)C(F)(F)C(F)(F)C(F)(F)C(F)(F)C(F)(F)C(F)(F)C(F)(F)C(F)(F)C(F)(F)C(F)(F)C(F)(F)C(F)(F)C(F)(F)F. The molecule has 0 bridgehead atoms. The van der Waals surface area contributed by atoms with Crippen molar-refractivity contribution < 1.29 is 219 Å². The molecule has 0 saturated carbocycles. The van der Waals surface area contributed by atoms with Gasteiger partial charge in [0.25, 0.3) is 0 Å². The van der Waals surface area contributed by atoms with Gasteiger partial charge in [0.2, 0.25) is 0 Å². The van der Waals surface area contributed by atoms with Gasteiger partial charge < -0.3 is 0 Å². The van der Waals surface area contributed by atoms with Crippen molar-refractivity contribution in [2.75, 3.05) is 0 Å². The van der Waals surface area contributed by atoms with Crippen LogP contribution in [0.5, 0.6) is 0 Å². The van der Waals surface area contributed by atoms with E-state index in [1.54, 1.807) is 0 Å². The molecule has 0 aliphatic heterocycles. The van der Waals surface area contributed by atoms with Gasteiger partial charge in [0.05, 0.1) is 0 Å². The second kappa shape index (κ2) is 16.6. The van der Waals surface area contributed by atoms with Gasteiger partial charge in [-0.2, -0.15) is 215 Å². The molecule has 0 saturated heterocycles. The summed E-state index contributed by atoms with van der Waals surface area (Å²) in [4.78, 5) is 0. The van der Waals surface area contributed by atoms with Gasteiger partial charge >= 0.3 is 146 Å². The van der Waals surface area contributed by atoms with Crippen LogP contribution >= 0.6 is 0 Å². The third-order valence-electron chi connectivity index (χ3n) is 8.93. The highest BCUT2D eigenvalue weighted by Gasteiger charge is 3.04. The molecule has 0 aromatic heterocycles. The van der Waals surface area contributed by atoms with E-state index in [-0.39, 0.29) is 0 Å². The van der Waals surface area contributed by atoms with E-state index in [2.05, 4.69) is 0 Å². The first-order chi connectivity index (χ1) is 30.8. The van der Waals surface area contributed by atoms with Gasteiger partial charge in [-0.3, -0.25) is 4.55 Å². The summed E-state index contributed by atoms with van der Waals surface area (Å²) in [7, 11) is -8.65. The molecule has 74 heavy (non-hydrogen) atoms. The normalized spacial score (nSPS) is 17.6. The summed E-state index contributed by atoms with van der Waals surface area (Å²) in [5.41, 5.74) is 0. The van der Waals surface area contributed by atoms with Gasteiger partial charge in [0.1, 0.15) is 0 Å². The lowest BCUT2D eigenvalue weighted by molar-refractivity contribution is -0.497. The van der Waals surface area contributed by atoms with Gasteiger partial charge in [-0.25, -0.2) is 0 Å². The lowest BCUT2D eigenvalue weighted by atomic mass is 9.81.